The van der Waals surface area contributed by atoms with Gasteiger partial charge in [0.2, 0.25) is 6.79 Å². The van der Waals surface area contributed by atoms with Gasteiger partial charge in [0.1, 0.15) is 0 Å². The minimum absolute atomic E-state index is 0.136. The number of benzene rings is 2. The van der Waals surface area contributed by atoms with Gasteiger partial charge >= 0.3 is 6.03 Å². The van der Waals surface area contributed by atoms with E-state index in [4.69, 9.17) is 32.7 Å². The lowest BCUT2D eigenvalue weighted by Crippen LogP contribution is -2.34. The lowest BCUT2D eigenvalue weighted by atomic mass is 9.95. The maximum atomic E-state index is 12.5. The van der Waals surface area contributed by atoms with Gasteiger partial charge in [-0.2, -0.15) is 0 Å². The predicted octanol–water partition coefficient (Wildman–Crippen LogP) is 5.55. The number of carbonyl (C=O) groups excluding carboxylic acids is 1. The average Bonchev–Trinajstić information content (AvgIpc) is 3.41. The molecule has 166 valence electrons. The van der Waals surface area contributed by atoms with Crippen molar-refractivity contribution in [3.8, 4) is 11.5 Å². The molecule has 8 heteroatoms. The molecule has 0 aromatic heterocycles. The van der Waals surface area contributed by atoms with Gasteiger partial charge in [-0.05, 0) is 61.7 Å². The molecular weight excluding hydrogens is 437 g/mol. The lowest BCUT2D eigenvalue weighted by molar-refractivity contribution is 0.174. The van der Waals surface area contributed by atoms with Crippen LogP contribution in [0.15, 0.2) is 36.4 Å². The molecule has 0 saturated heterocycles. The van der Waals surface area contributed by atoms with E-state index in [2.05, 4.69) is 16.0 Å². The van der Waals surface area contributed by atoms with Gasteiger partial charge in [-0.15, -0.1) is 0 Å². The number of nitrogens with one attached hydrogen (secondary N) is 3. The maximum absolute atomic E-state index is 12.5. The van der Waals surface area contributed by atoms with Gasteiger partial charge in [-0.1, -0.05) is 42.1 Å². The number of hydrogen-bond donors (Lipinski definition) is 3. The minimum atomic E-state index is -0.298. The predicted molar refractivity (Wildman–Crippen MR) is 124 cm³/mol. The molecule has 2 aliphatic rings. The molecule has 0 radical (unpaired) electrons. The highest BCUT2D eigenvalue weighted by Crippen LogP contribution is 2.35. The number of hydrogen-bond acceptors (Lipinski definition) is 4. The SMILES string of the molecule is O=C(NCC(CCNC1CCCC1)c1ccc2c(c1)OCO2)Nc1cc(Cl)cc(Cl)c1. The summed E-state index contributed by atoms with van der Waals surface area (Å²) in [6.07, 6.45) is 6.01. The van der Waals surface area contributed by atoms with Crippen LogP contribution in [0.1, 0.15) is 43.6 Å². The summed E-state index contributed by atoms with van der Waals surface area (Å²) in [7, 11) is 0. The molecule has 31 heavy (non-hydrogen) atoms. The molecule has 1 aliphatic heterocycles. The maximum Gasteiger partial charge on any atom is 0.319 e. The van der Waals surface area contributed by atoms with Crippen LogP contribution >= 0.6 is 23.2 Å². The van der Waals surface area contributed by atoms with E-state index in [9.17, 15) is 4.79 Å². The Morgan fingerprint density at radius 2 is 1.77 bits per heavy atom. The van der Waals surface area contributed by atoms with Gasteiger partial charge in [-0.25, -0.2) is 4.79 Å². The molecule has 3 N–H and O–H groups in total. The van der Waals surface area contributed by atoms with E-state index < -0.39 is 0 Å². The normalized spacial score (nSPS) is 16.3. The van der Waals surface area contributed by atoms with Gasteiger partial charge in [0.25, 0.3) is 0 Å². The van der Waals surface area contributed by atoms with E-state index in [0.29, 0.717) is 28.3 Å². The number of fused-ring (bicyclic) bond motifs is 1. The Morgan fingerprint density at radius 1 is 1.03 bits per heavy atom. The summed E-state index contributed by atoms with van der Waals surface area (Å²) < 4.78 is 11.0. The van der Waals surface area contributed by atoms with Crippen LogP contribution in [0.25, 0.3) is 0 Å². The smallest absolute Gasteiger partial charge is 0.319 e. The standard InChI is InChI=1S/C23H27Cl2N3O3/c24-17-10-18(25)12-20(11-17)28-23(29)27-13-16(7-8-26-19-3-1-2-4-19)15-5-6-21-22(9-15)31-14-30-21/h5-6,9-12,16,19,26H,1-4,7-8,13-14H2,(H2,27,28,29). The second kappa shape index (κ2) is 10.4. The summed E-state index contributed by atoms with van der Waals surface area (Å²) in [5.41, 5.74) is 1.67. The van der Waals surface area contributed by atoms with Crippen molar-refractivity contribution in [2.45, 2.75) is 44.1 Å². The van der Waals surface area contributed by atoms with Crippen molar-refractivity contribution in [2.75, 3.05) is 25.2 Å². The van der Waals surface area contributed by atoms with Crippen molar-refractivity contribution in [2.24, 2.45) is 0 Å². The molecule has 2 aromatic carbocycles. The van der Waals surface area contributed by atoms with Crippen LogP contribution in [0.2, 0.25) is 10.0 Å². The molecule has 1 atom stereocenters. The zero-order valence-corrected chi connectivity index (χ0v) is 18.8. The Kier molecular flexibility index (Phi) is 7.43. The van der Waals surface area contributed by atoms with E-state index in [1.165, 1.54) is 25.7 Å². The summed E-state index contributed by atoms with van der Waals surface area (Å²) in [6.45, 7) is 1.64. The van der Waals surface area contributed by atoms with Gasteiger partial charge in [0.05, 0.1) is 0 Å². The molecule has 2 amide bonds. The Balaban J connectivity index is 1.37. The Bertz CT molecular complexity index is 899. The number of amides is 2. The molecule has 0 spiro atoms. The largest absolute Gasteiger partial charge is 0.454 e. The van der Waals surface area contributed by atoms with E-state index in [1.54, 1.807) is 18.2 Å². The molecule has 1 heterocycles. The van der Waals surface area contributed by atoms with Crippen molar-refractivity contribution in [3.63, 3.8) is 0 Å². The summed E-state index contributed by atoms with van der Waals surface area (Å²) >= 11 is 12.0. The molecule has 1 saturated carbocycles. The van der Waals surface area contributed by atoms with E-state index in [-0.39, 0.29) is 18.7 Å². The lowest BCUT2D eigenvalue weighted by Gasteiger charge is -2.20. The van der Waals surface area contributed by atoms with Crippen LogP contribution in [0.5, 0.6) is 11.5 Å². The van der Waals surface area contributed by atoms with Crippen LogP contribution in [0.3, 0.4) is 0 Å². The van der Waals surface area contributed by atoms with Gasteiger partial charge in [0, 0.05) is 34.2 Å². The number of ether oxygens (including phenoxy) is 2. The van der Waals surface area contributed by atoms with Crippen molar-refractivity contribution in [3.05, 3.63) is 52.0 Å². The highest BCUT2D eigenvalue weighted by molar-refractivity contribution is 6.35. The summed E-state index contributed by atoms with van der Waals surface area (Å²) in [6, 6.07) is 11.3. The molecular formula is C23H27Cl2N3O3. The third kappa shape index (κ3) is 6.19. The zero-order valence-electron chi connectivity index (χ0n) is 17.3. The molecule has 1 aliphatic carbocycles. The fourth-order valence-electron chi connectivity index (χ4n) is 4.16. The molecule has 1 unspecified atom stereocenters. The Morgan fingerprint density at radius 3 is 2.55 bits per heavy atom. The van der Waals surface area contributed by atoms with Crippen LogP contribution in [-0.2, 0) is 0 Å². The van der Waals surface area contributed by atoms with E-state index in [1.807, 2.05) is 18.2 Å². The molecule has 4 rings (SSSR count). The van der Waals surface area contributed by atoms with Gasteiger partial charge in [-0.3, -0.25) is 0 Å². The van der Waals surface area contributed by atoms with Crippen LogP contribution < -0.4 is 25.4 Å². The van der Waals surface area contributed by atoms with Crippen molar-refractivity contribution < 1.29 is 14.3 Å². The van der Waals surface area contributed by atoms with Crippen LogP contribution in [-0.4, -0.2) is 32.0 Å². The third-order valence-corrected chi connectivity index (χ3v) is 6.21. The monoisotopic (exact) mass is 463 g/mol. The first-order valence-corrected chi connectivity index (χ1v) is 11.5. The number of carbonyl (C=O) groups is 1. The third-order valence-electron chi connectivity index (χ3n) is 5.78. The average molecular weight is 464 g/mol. The molecule has 6 nitrogen and oxygen atoms in total. The molecule has 2 aromatic rings. The fourth-order valence-corrected chi connectivity index (χ4v) is 4.69. The van der Waals surface area contributed by atoms with Crippen LogP contribution in [0.4, 0.5) is 10.5 Å². The molecule has 0 bridgehead atoms. The minimum Gasteiger partial charge on any atom is -0.454 e. The van der Waals surface area contributed by atoms with Gasteiger partial charge < -0.3 is 25.4 Å². The Labute approximate surface area is 192 Å². The summed E-state index contributed by atoms with van der Waals surface area (Å²) in [5, 5.41) is 10.4. The molecule has 1 fully saturated rings. The van der Waals surface area contributed by atoms with Gasteiger partial charge in [0.15, 0.2) is 11.5 Å². The number of halogens is 2. The highest BCUT2D eigenvalue weighted by atomic mass is 35.5. The highest BCUT2D eigenvalue weighted by Gasteiger charge is 2.20. The first-order valence-electron chi connectivity index (χ1n) is 10.7. The summed E-state index contributed by atoms with van der Waals surface area (Å²) in [5.74, 6) is 1.65. The Hall–Kier alpha value is -2.15. The number of anilines is 1. The van der Waals surface area contributed by atoms with E-state index in [0.717, 1.165) is 30.0 Å². The van der Waals surface area contributed by atoms with Crippen LogP contribution in [0, 0.1) is 0 Å². The zero-order chi connectivity index (χ0) is 21.6. The quantitative estimate of drug-likeness (QED) is 0.479. The second-order valence-electron chi connectivity index (χ2n) is 8.03. The van der Waals surface area contributed by atoms with E-state index >= 15 is 0 Å². The summed E-state index contributed by atoms with van der Waals surface area (Å²) in [4.78, 5) is 12.5. The van der Waals surface area contributed by atoms with Crippen molar-refractivity contribution >= 4 is 34.9 Å². The first-order chi connectivity index (χ1) is 15.1. The number of urea groups is 1. The van der Waals surface area contributed by atoms with Crippen molar-refractivity contribution in [1.82, 2.24) is 10.6 Å². The fraction of sp³-hybridized carbons (Fsp3) is 0.435. The topological polar surface area (TPSA) is 71.6 Å². The number of rotatable bonds is 8. The van der Waals surface area contributed by atoms with Crippen molar-refractivity contribution in [1.29, 1.82) is 0 Å². The second-order valence-corrected chi connectivity index (χ2v) is 8.90. The first kappa shape index (κ1) is 22.1.